The monoisotopic (exact) mass is 331 g/mol. The van der Waals surface area contributed by atoms with Crippen LogP contribution in [0.4, 0.5) is 5.69 Å². The highest BCUT2D eigenvalue weighted by Gasteiger charge is 2.20. The van der Waals surface area contributed by atoms with Crippen molar-refractivity contribution in [2.75, 3.05) is 12.4 Å². The molecule has 0 unspecified atom stereocenters. The number of anilines is 1. The molecule has 122 valence electrons. The molecule has 0 aliphatic carbocycles. The van der Waals surface area contributed by atoms with Gasteiger partial charge in [-0.1, -0.05) is 30.3 Å². The lowest BCUT2D eigenvalue weighted by Crippen LogP contribution is -2.30. The van der Waals surface area contributed by atoms with Crippen molar-refractivity contribution in [1.29, 1.82) is 0 Å². The quantitative estimate of drug-likeness (QED) is 0.884. The molecular weight excluding hydrogens is 310 g/mol. The van der Waals surface area contributed by atoms with Crippen molar-refractivity contribution < 1.29 is 13.7 Å². The minimum atomic E-state index is -1.30. The van der Waals surface area contributed by atoms with Crippen molar-refractivity contribution >= 4 is 22.4 Å². The number of hydrogen-bond donors (Lipinski definition) is 1. The zero-order valence-electron chi connectivity index (χ0n) is 13.5. The van der Waals surface area contributed by atoms with Gasteiger partial charge in [-0.3, -0.25) is 9.00 Å². The van der Waals surface area contributed by atoms with Crippen molar-refractivity contribution in [2.24, 2.45) is 0 Å². The number of benzene rings is 2. The molecule has 0 radical (unpaired) electrons. The molecule has 0 bridgehead atoms. The molecule has 0 aliphatic heterocycles. The molecule has 2 aromatic carbocycles. The fraction of sp³-hybridized carbons (Fsp3) is 0.278. The van der Waals surface area contributed by atoms with E-state index < -0.39 is 16.0 Å². The van der Waals surface area contributed by atoms with Crippen LogP contribution in [-0.4, -0.2) is 22.5 Å². The van der Waals surface area contributed by atoms with Gasteiger partial charge in [-0.15, -0.1) is 0 Å². The third-order valence-corrected chi connectivity index (χ3v) is 5.23. The second kappa shape index (κ2) is 7.92. The zero-order chi connectivity index (χ0) is 16.8. The van der Waals surface area contributed by atoms with Crippen LogP contribution in [0.1, 0.15) is 18.1 Å². The number of para-hydroxylation sites is 1. The van der Waals surface area contributed by atoms with Gasteiger partial charge < -0.3 is 10.1 Å². The number of carbonyl (C=O) groups is 1. The Morgan fingerprint density at radius 2 is 1.96 bits per heavy atom. The number of nitrogens with one attached hydrogen (secondary N) is 1. The van der Waals surface area contributed by atoms with Crippen LogP contribution in [0.3, 0.4) is 0 Å². The lowest BCUT2D eigenvalue weighted by atomic mass is 10.2. The largest absolute Gasteiger partial charge is 0.497 e. The number of hydrogen-bond acceptors (Lipinski definition) is 3. The Kier molecular flexibility index (Phi) is 5.93. The van der Waals surface area contributed by atoms with E-state index in [1.165, 1.54) is 0 Å². The van der Waals surface area contributed by atoms with Gasteiger partial charge in [0.15, 0.2) is 0 Å². The Morgan fingerprint density at radius 3 is 2.65 bits per heavy atom. The van der Waals surface area contributed by atoms with Crippen LogP contribution in [0.25, 0.3) is 0 Å². The number of methoxy groups -OCH3 is 1. The first-order chi connectivity index (χ1) is 11.0. The van der Waals surface area contributed by atoms with E-state index in [9.17, 15) is 9.00 Å². The Balaban J connectivity index is 2.01. The molecule has 0 fully saturated rings. The van der Waals surface area contributed by atoms with Crippen LogP contribution in [0, 0.1) is 6.92 Å². The van der Waals surface area contributed by atoms with Crippen molar-refractivity contribution in [1.82, 2.24) is 0 Å². The van der Waals surface area contributed by atoms with Crippen molar-refractivity contribution in [3.8, 4) is 5.75 Å². The van der Waals surface area contributed by atoms with Crippen LogP contribution in [0.2, 0.25) is 0 Å². The number of rotatable bonds is 6. The molecule has 0 saturated carbocycles. The van der Waals surface area contributed by atoms with Crippen molar-refractivity contribution in [3.63, 3.8) is 0 Å². The highest BCUT2D eigenvalue weighted by atomic mass is 32.2. The molecular formula is C18H21NO3S. The molecule has 1 N–H and O–H groups in total. The number of carbonyl (C=O) groups excluding carboxylic acids is 1. The summed E-state index contributed by atoms with van der Waals surface area (Å²) < 4.78 is 17.6. The maximum absolute atomic E-state index is 12.4. The van der Waals surface area contributed by atoms with Gasteiger partial charge in [0, 0.05) is 22.2 Å². The summed E-state index contributed by atoms with van der Waals surface area (Å²) in [5.41, 5.74) is 2.62. The summed E-state index contributed by atoms with van der Waals surface area (Å²) in [6, 6.07) is 14.9. The third kappa shape index (κ3) is 4.66. The topological polar surface area (TPSA) is 55.4 Å². The molecule has 0 saturated heterocycles. The zero-order valence-corrected chi connectivity index (χ0v) is 14.4. The lowest BCUT2D eigenvalue weighted by molar-refractivity contribution is -0.115. The van der Waals surface area contributed by atoms with E-state index in [1.807, 2.05) is 55.5 Å². The van der Waals surface area contributed by atoms with Gasteiger partial charge in [-0.2, -0.15) is 0 Å². The second-order valence-electron chi connectivity index (χ2n) is 5.32. The maximum Gasteiger partial charge on any atom is 0.239 e. The summed E-state index contributed by atoms with van der Waals surface area (Å²) >= 11 is 0. The molecule has 0 aliphatic rings. The molecule has 23 heavy (non-hydrogen) atoms. The van der Waals surface area contributed by atoms with E-state index in [0.29, 0.717) is 5.75 Å². The molecule has 2 atom stereocenters. The van der Waals surface area contributed by atoms with Crippen molar-refractivity contribution in [3.05, 3.63) is 59.7 Å². The first-order valence-electron chi connectivity index (χ1n) is 7.38. The van der Waals surface area contributed by atoms with Crippen LogP contribution < -0.4 is 10.1 Å². The Morgan fingerprint density at radius 1 is 1.22 bits per heavy atom. The Hall–Kier alpha value is -2.14. The average molecular weight is 331 g/mol. The third-order valence-electron chi connectivity index (χ3n) is 3.61. The average Bonchev–Trinajstić information content (AvgIpc) is 2.56. The standard InChI is InChI=1S/C18H21NO3S/c1-13-7-4-5-10-17(13)19-18(20)14(2)23(21)12-15-8-6-9-16(11-15)22-3/h4-11,14H,12H2,1-3H3,(H,19,20)/t14-,23+/m1/s1. The van der Waals surface area contributed by atoms with Gasteiger partial charge in [0.05, 0.1) is 7.11 Å². The highest BCUT2D eigenvalue weighted by Crippen LogP contribution is 2.17. The van der Waals surface area contributed by atoms with E-state index in [4.69, 9.17) is 4.74 Å². The van der Waals surface area contributed by atoms with Crippen LogP contribution in [0.15, 0.2) is 48.5 Å². The summed E-state index contributed by atoms with van der Waals surface area (Å²) in [5, 5.41) is 2.25. The van der Waals surface area contributed by atoms with Gasteiger partial charge in [-0.25, -0.2) is 0 Å². The van der Waals surface area contributed by atoms with Crippen LogP contribution >= 0.6 is 0 Å². The predicted octanol–water partition coefficient (Wildman–Crippen LogP) is 3.28. The molecule has 0 spiro atoms. The molecule has 0 heterocycles. The minimum absolute atomic E-state index is 0.236. The van der Waals surface area contributed by atoms with Crippen molar-refractivity contribution in [2.45, 2.75) is 24.9 Å². The fourth-order valence-electron chi connectivity index (χ4n) is 2.12. The first-order valence-corrected chi connectivity index (χ1v) is 8.76. The van der Waals surface area contributed by atoms with E-state index in [1.54, 1.807) is 14.0 Å². The van der Waals surface area contributed by atoms with Crippen LogP contribution in [0.5, 0.6) is 5.75 Å². The molecule has 2 aromatic rings. The summed E-state index contributed by atoms with van der Waals surface area (Å²) in [7, 11) is 0.288. The van der Waals surface area contributed by atoms with Gasteiger partial charge in [0.2, 0.25) is 5.91 Å². The summed E-state index contributed by atoms with van der Waals surface area (Å²) in [5.74, 6) is 0.802. The van der Waals surface area contributed by atoms with Gasteiger partial charge >= 0.3 is 0 Å². The van der Waals surface area contributed by atoms with Gasteiger partial charge in [-0.05, 0) is 43.2 Å². The second-order valence-corrected chi connectivity index (χ2v) is 7.08. The number of ether oxygens (including phenoxy) is 1. The Labute approximate surface area is 139 Å². The fourth-order valence-corrected chi connectivity index (χ4v) is 3.17. The lowest BCUT2D eigenvalue weighted by Gasteiger charge is -2.14. The summed E-state index contributed by atoms with van der Waals surface area (Å²) in [6.07, 6.45) is 0. The molecule has 0 aromatic heterocycles. The Bertz CT molecular complexity index is 715. The molecule has 5 heteroatoms. The molecule has 1 amide bonds. The highest BCUT2D eigenvalue weighted by molar-refractivity contribution is 7.85. The molecule has 4 nitrogen and oxygen atoms in total. The van der Waals surface area contributed by atoms with Gasteiger partial charge in [0.1, 0.15) is 11.0 Å². The van der Waals surface area contributed by atoms with E-state index in [2.05, 4.69) is 5.32 Å². The van der Waals surface area contributed by atoms with E-state index in [0.717, 1.165) is 22.6 Å². The number of amides is 1. The molecule has 2 rings (SSSR count). The predicted molar refractivity (Wildman–Crippen MR) is 94.1 cm³/mol. The SMILES string of the molecule is COc1cccc(C[S@](=O)[C@H](C)C(=O)Nc2ccccc2C)c1. The van der Waals surface area contributed by atoms with E-state index >= 15 is 0 Å². The number of aryl methyl sites for hydroxylation is 1. The normalized spacial score (nSPS) is 13.2. The van der Waals surface area contributed by atoms with Crippen LogP contribution in [-0.2, 0) is 21.3 Å². The summed E-state index contributed by atoms with van der Waals surface area (Å²) in [4.78, 5) is 12.3. The summed E-state index contributed by atoms with van der Waals surface area (Å²) in [6.45, 7) is 3.61. The minimum Gasteiger partial charge on any atom is -0.497 e. The van der Waals surface area contributed by atoms with E-state index in [-0.39, 0.29) is 5.91 Å². The maximum atomic E-state index is 12.4. The van der Waals surface area contributed by atoms with Gasteiger partial charge in [0.25, 0.3) is 0 Å². The smallest absolute Gasteiger partial charge is 0.239 e. The first kappa shape index (κ1) is 17.2.